The van der Waals surface area contributed by atoms with Crippen LogP contribution in [0.25, 0.3) is 0 Å². The summed E-state index contributed by atoms with van der Waals surface area (Å²) >= 11 is 3.38. The summed E-state index contributed by atoms with van der Waals surface area (Å²) in [6.07, 6.45) is 5.97. The van der Waals surface area contributed by atoms with Gasteiger partial charge in [-0.15, -0.1) is 0 Å². The first kappa shape index (κ1) is 20.0. The number of pyridine rings is 1. The maximum Gasteiger partial charge on any atom is 0.274 e. The third kappa shape index (κ3) is 4.62. The van der Waals surface area contributed by atoms with E-state index in [2.05, 4.69) is 30.9 Å². The van der Waals surface area contributed by atoms with Gasteiger partial charge in [0.2, 0.25) is 5.88 Å². The summed E-state index contributed by atoms with van der Waals surface area (Å²) in [5.41, 5.74) is 0.787. The molecule has 1 saturated heterocycles. The van der Waals surface area contributed by atoms with E-state index < -0.39 is 0 Å². The van der Waals surface area contributed by atoms with Crippen LogP contribution in [0.3, 0.4) is 0 Å². The van der Waals surface area contributed by atoms with Crippen molar-refractivity contribution < 1.29 is 14.3 Å². The van der Waals surface area contributed by atoms with E-state index in [1.807, 2.05) is 24.3 Å². The lowest BCUT2D eigenvalue weighted by Gasteiger charge is -2.34. The molecule has 2 aromatic heterocycles. The van der Waals surface area contributed by atoms with Gasteiger partial charge in [0.1, 0.15) is 11.4 Å². The van der Waals surface area contributed by atoms with Crippen LogP contribution in [0.4, 0.5) is 0 Å². The highest BCUT2D eigenvalue weighted by Gasteiger charge is 2.26. The zero-order valence-electron chi connectivity index (χ0n) is 15.9. The van der Waals surface area contributed by atoms with Gasteiger partial charge in [0.15, 0.2) is 0 Å². The number of hydrogen-bond acceptors (Lipinski definition) is 6. The van der Waals surface area contributed by atoms with Gasteiger partial charge in [-0.3, -0.25) is 14.6 Å². The lowest BCUT2D eigenvalue weighted by atomic mass is 10.2. The van der Waals surface area contributed by atoms with Crippen LogP contribution in [0.1, 0.15) is 20.8 Å². The maximum absolute atomic E-state index is 12.8. The summed E-state index contributed by atoms with van der Waals surface area (Å²) in [6, 6.07) is 10.8. The average Bonchev–Trinajstić information content (AvgIpc) is 2.81. The predicted molar refractivity (Wildman–Crippen MR) is 112 cm³/mol. The molecule has 0 spiro atoms. The number of aromatic nitrogens is 3. The summed E-state index contributed by atoms with van der Waals surface area (Å²) in [4.78, 5) is 40.8. The van der Waals surface area contributed by atoms with Gasteiger partial charge in [0.05, 0.1) is 11.8 Å². The van der Waals surface area contributed by atoms with Gasteiger partial charge in [-0.2, -0.15) is 0 Å². The SMILES string of the molecule is O=C(c1ccc(Oc2ccc(Br)cc2)nc1)N1CCN(C(=O)c2cnccn2)CC1. The van der Waals surface area contributed by atoms with E-state index in [-0.39, 0.29) is 11.8 Å². The summed E-state index contributed by atoms with van der Waals surface area (Å²) in [5, 5.41) is 0. The first-order valence-electron chi connectivity index (χ1n) is 9.34. The van der Waals surface area contributed by atoms with Gasteiger partial charge in [-0.1, -0.05) is 15.9 Å². The Morgan fingerprint density at radius 1 is 0.833 bits per heavy atom. The standard InChI is InChI=1S/C21H18BrN5O3/c22-16-2-4-17(5-3-16)30-19-6-1-15(13-25-19)20(28)26-9-11-27(12-10-26)21(29)18-14-23-7-8-24-18/h1-8,13-14H,9-12H2. The molecular weight excluding hydrogens is 450 g/mol. The van der Waals surface area contributed by atoms with Crippen LogP contribution in [-0.2, 0) is 0 Å². The molecule has 3 heterocycles. The van der Waals surface area contributed by atoms with Crippen LogP contribution < -0.4 is 4.74 Å². The fraction of sp³-hybridized carbons (Fsp3) is 0.190. The normalized spacial score (nSPS) is 13.8. The number of amides is 2. The Morgan fingerprint density at radius 3 is 2.13 bits per heavy atom. The number of benzene rings is 1. The monoisotopic (exact) mass is 467 g/mol. The third-order valence-corrected chi connectivity index (χ3v) is 5.18. The minimum Gasteiger partial charge on any atom is -0.439 e. The van der Waals surface area contributed by atoms with E-state index in [4.69, 9.17) is 4.74 Å². The molecule has 152 valence electrons. The van der Waals surface area contributed by atoms with Crippen molar-refractivity contribution >= 4 is 27.7 Å². The molecule has 9 heteroatoms. The summed E-state index contributed by atoms with van der Waals surface area (Å²) in [6.45, 7) is 1.78. The molecule has 3 aromatic rings. The summed E-state index contributed by atoms with van der Waals surface area (Å²) < 4.78 is 6.64. The van der Waals surface area contributed by atoms with Crippen LogP contribution in [0, 0.1) is 0 Å². The van der Waals surface area contributed by atoms with Crippen LogP contribution in [0.15, 0.2) is 65.7 Å². The molecule has 2 amide bonds. The second-order valence-electron chi connectivity index (χ2n) is 6.62. The van der Waals surface area contributed by atoms with Crippen molar-refractivity contribution in [1.82, 2.24) is 24.8 Å². The first-order chi connectivity index (χ1) is 14.6. The highest BCUT2D eigenvalue weighted by Crippen LogP contribution is 2.22. The Kier molecular flexibility index (Phi) is 5.99. The molecule has 1 aromatic carbocycles. The van der Waals surface area contributed by atoms with E-state index in [9.17, 15) is 9.59 Å². The molecular formula is C21H18BrN5O3. The van der Waals surface area contributed by atoms with Crippen molar-refractivity contribution in [3.8, 4) is 11.6 Å². The summed E-state index contributed by atoms with van der Waals surface area (Å²) in [7, 11) is 0. The largest absolute Gasteiger partial charge is 0.439 e. The number of nitrogens with zero attached hydrogens (tertiary/aromatic N) is 5. The number of halogens is 1. The second-order valence-corrected chi connectivity index (χ2v) is 7.53. The lowest BCUT2D eigenvalue weighted by molar-refractivity contribution is 0.0531. The van der Waals surface area contributed by atoms with Gasteiger partial charge in [-0.25, -0.2) is 9.97 Å². The molecule has 0 radical (unpaired) electrons. The van der Waals surface area contributed by atoms with Crippen LogP contribution in [0.2, 0.25) is 0 Å². The van der Waals surface area contributed by atoms with Crippen molar-refractivity contribution in [2.24, 2.45) is 0 Å². The molecule has 1 fully saturated rings. The Bertz CT molecular complexity index is 1020. The highest BCUT2D eigenvalue weighted by molar-refractivity contribution is 9.10. The Labute approximate surface area is 181 Å². The topological polar surface area (TPSA) is 88.5 Å². The molecule has 0 aliphatic carbocycles. The number of piperazine rings is 1. The Hall–Kier alpha value is -3.33. The molecule has 4 rings (SSSR count). The van der Waals surface area contributed by atoms with Gasteiger partial charge < -0.3 is 14.5 Å². The average molecular weight is 468 g/mol. The molecule has 1 aliphatic heterocycles. The minimum atomic E-state index is -0.175. The van der Waals surface area contributed by atoms with Gasteiger partial charge in [0, 0.05) is 55.3 Å². The number of carbonyl (C=O) groups is 2. The quantitative estimate of drug-likeness (QED) is 0.585. The fourth-order valence-electron chi connectivity index (χ4n) is 3.06. The van der Waals surface area contributed by atoms with Crippen molar-refractivity contribution in [2.75, 3.05) is 26.2 Å². The van der Waals surface area contributed by atoms with Crippen molar-refractivity contribution in [2.45, 2.75) is 0 Å². The molecule has 30 heavy (non-hydrogen) atoms. The maximum atomic E-state index is 12.8. The highest BCUT2D eigenvalue weighted by atomic mass is 79.9. The number of carbonyl (C=O) groups excluding carboxylic acids is 2. The second kappa shape index (κ2) is 9.00. The summed E-state index contributed by atoms with van der Waals surface area (Å²) in [5.74, 6) is 0.775. The minimum absolute atomic E-state index is 0.121. The Morgan fingerprint density at radius 2 is 1.53 bits per heavy atom. The Balaban J connectivity index is 1.34. The molecule has 0 atom stereocenters. The van der Waals surface area contributed by atoms with Gasteiger partial charge in [-0.05, 0) is 30.3 Å². The van der Waals surface area contributed by atoms with Crippen LogP contribution in [0.5, 0.6) is 11.6 Å². The zero-order chi connectivity index (χ0) is 20.9. The molecule has 0 N–H and O–H groups in total. The van der Waals surface area contributed by atoms with Crippen molar-refractivity contribution in [1.29, 1.82) is 0 Å². The molecule has 0 unspecified atom stereocenters. The molecule has 0 saturated carbocycles. The zero-order valence-corrected chi connectivity index (χ0v) is 17.5. The number of hydrogen-bond donors (Lipinski definition) is 0. The third-order valence-electron chi connectivity index (χ3n) is 4.66. The van der Waals surface area contributed by atoms with Gasteiger partial charge in [0.25, 0.3) is 11.8 Å². The predicted octanol–water partition coefficient (Wildman–Crippen LogP) is 3.02. The van der Waals surface area contributed by atoms with E-state index in [0.29, 0.717) is 49.1 Å². The van der Waals surface area contributed by atoms with E-state index >= 15 is 0 Å². The van der Waals surface area contributed by atoms with E-state index in [1.165, 1.54) is 24.8 Å². The molecule has 1 aliphatic rings. The van der Waals surface area contributed by atoms with Crippen LogP contribution in [-0.4, -0.2) is 62.7 Å². The van der Waals surface area contributed by atoms with Crippen molar-refractivity contribution in [3.05, 3.63) is 76.9 Å². The smallest absolute Gasteiger partial charge is 0.274 e. The lowest BCUT2D eigenvalue weighted by Crippen LogP contribution is -2.50. The molecule has 8 nitrogen and oxygen atoms in total. The van der Waals surface area contributed by atoms with Gasteiger partial charge >= 0.3 is 0 Å². The van der Waals surface area contributed by atoms with Crippen LogP contribution >= 0.6 is 15.9 Å². The van der Waals surface area contributed by atoms with Crippen molar-refractivity contribution in [3.63, 3.8) is 0 Å². The first-order valence-corrected chi connectivity index (χ1v) is 10.1. The number of rotatable bonds is 4. The van der Waals surface area contributed by atoms with E-state index in [1.54, 1.807) is 21.9 Å². The fourth-order valence-corrected chi connectivity index (χ4v) is 3.32. The number of ether oxygens (including phenoxy) is 1. The van der Waals surface area contributed by atoms with E-state index in [0.717, 1.165) is 4.47 Å². The molecule has 0 bridgehead atoms.